The lowest BCUT2D eigenvalue weighted by atomic mass is 10.1. The second-order valence-corrected chi connectivity index (χ2v) is 6.00. The Morgan fingerprint density at radius 2 is 2.06 bits per heavy atom. The third kappa shape index (κ3) is 4.46. The predicted octanol–water partition coefficient (Wildman–Crippen LogP) is -0.458. The largest absolute Gasteiger partial charge is 0.481 e. The molecule has 0 saturated heterocycles. The number of hydrogen-bond donors (Lipinski definition) is 3. The highest BCUT2D eigenvalue weighted by Gasteiger charge is 2.26. The second-order valence-electron chi connectivity index (χ2n) is 4.07. The van der Waals surface area contributed by atoms with Crippen LogP contribution < -0.4 is 4.72 Å². The summed E-state index contributed by atoms with van der Waals surface area (Å²) < 4.78 is 25.0. The zero-order valence-electron chi connectivity index (χ0n) is 8.92. The van der Waals surface area contributed by atoms with E-state index in [0.29, 0.717) is 6.42 Å². The molecule has 0 aromatic heterocycles. The fourth-order valence-electron chi connectivity index (χ4n) is 1.78. The molecular formula is C9H17NO5S. The molecule has 1 aliphatic rings. The maximum absolute atomic E-state index is 11.3. The van der Waals surface area contributed by atoms with Gasteiger partial charge >= 0.3 is 5.97 Å². The van der Waals surface area contributed by atoms with Crippen molar-refractivity contribution >= 4 is 16.0 Å². The molecular weight excluding hydrogens is 234 g/mol. The van der Waals surface area contributed by atoms with Gasteiger partial charge in [-0.05, 0) is 18.8 Å². The van der Waals surface area contributed by atoms with Crippen LogP contribution in [0.5, 0.6) is 0 Å². The SMILES string of the molecule is O=C(O)CCS(=O)(=O)NCC1CCCC1O. The Labute approximate surface area is 94.7 Å². The minimum Gasteiger partial charge on any atom is -0.481 e. The van der Waals surface area contributed by atoms with Gasteiger partial charge in [0, 0.05) is 6.54 Å². The van der Waals surface area contributed by atoms with Crippen LogP contribution in [0.15, 0.2) is 0 Å². The summed E-state index contributed by atoms with van der Waals surface area (Å²) in [7, 11) is -3.53. The Kier molecular flexibility index (Phi) is 4.69. The lowest BCUT2D eigenvalue weighted by molar-refractivity contribution is -0.136. The minimum atomic E-state index is -3.53. The second kappa shape index (κ2) is 5.60. The highest BCUT2D eigenvalue weighted by atomic mass is 32.2. The minimum absolute atomic E-state index is 0.0420. The molecule has 3 N–H and O–H groups in total. The molecule has 0 amide bonds. The Bertz CT molecular complexity index is 340. The summed E-state index contributed by atoms with van der Waals surface area (Å²) in [6, 6.07) is 0. The van der Waals surface area contributed by atoms with Gasteiger partial charge in [0.15, 0.2) is 0 Å². The van der Waals surface area contributed by atoms with E-state index in [1.165, 1.54) is 0 Å². The van der Waals surface area contributed by atoms with Crippen molar-refractivity contribution in [2.24, 2.45) is 5.92 Å². The lowest BCUT2D eigenvalue weighted by Crippen LogP contribution is -2.34. The van der Waals surface area contributed by atoms with Gasteiger partial charge in [-0.1, -0.05) is 6.42 Å². The van der Waals surface area contributed by atoms with Gasteiger partial charge in [-0.2, -0.15) is 0 Å². The highest BCUT2D eigenvalue weighted by Crippen LogP contribution is 2.24. The van der Waals surface area contributed by atoms with Crippen LogP contribution in [0.3, 0.4) is 0 Å². The molecule has 2 atom stereocenters. The molecule has 94 valence electrons. The number of carboxylic acid groups (broad SMARTS) is 1. The van der Waals surface area contributed by atoms with Gasteiger partial charge in [0.2, 0.25) is 10.0 Å². The first-order chi connectivity index (χ1) is 7.41. The number of nitrogens with one attached hydrogen (secondary N) is 1. The summed E-state index contributed by atoms with van der Waals surface area (Å²) >= 11 is 0. The normalized spacial score (nSPS) is 25.8. The molecule has 0 aromatic rings. The van der Waals surface area contributed by atoms with Crippen LogP contribution in [0.25, 0.3) is 0 Å². The molecule has 0 heterocycles. The number of hydrogen-bond acceptors (Lipinski definition) is 4. The molecule has 7 heteroatoms. The Balaban J connectivity index is 2.33. The molecule has 1 aliphatic carbocycles. The molecule has 2 unspecified atom stereocenters. The van der Waals surface area contributed by atoms with E-state index >= 15 is 0 Å². The van der Waals surface area contributed by atoms with Crippen molar-refractivity contribution in [1.82, 2.24) is 4.72 Å². The summed E-state index contributed by atoms with van der Waals surface area (Å²) in [5.74, 6) is -1.59. The number of aliphatic carboxylic acids is 1. The number of aliphatic hydroxyl groups excluding tert-OH is 1. The fraction of sp³-hybridized carbons (Fsp3) is 0.889. The van der Waals surface area contributed by atoms with Crippen molar-refractivity contribution in [3.8, 4) is 0 Å². The van der Waals surface area contributed by atoms with Gasteiger partial charge in [0.25, 0.3) is 0 Å². The van der Waals surface area contributed by atoms with Gasteiger partial charge in [-0.15, -0.1) is 0 Å². The number of aliphatic hydroxyl groups is 1. The smallest absolute Gasteiger partial charge is 0.304 e. The quantitative estimate of drug-likeness (QED) is 0.592. The molecule has 0 radical (unpaired) electrons. The van der Waals surface area contributed by atoms with Crippen molar-refractivity contribution in [2.45, 2.75) is 31.8 Å². The molecule has 6 nitrogen and oxygen atoms in total. The first kappa shape index (κ1) is 13.4. The zero-order valence-corrected chi connectivity index (χ0v) is 9.74. The lowest BCUT2D eigenvalue weighted by Gasteiger charge is -2.14. The van der Waals surface area contributed by atoms with Crippen LogP contribution in [-0.4, -0.2) is 43.0 Å². The van der Waals surface area contributed by atoms with Crippen LogP contribution in [-0.2, 0) is 14.8 Å². The van der Waals surface area contributed by atoms with Crippen molar-refractivity contribution < 1.29 is 23.4 Å². The van der Waals surface area contributed by atoms with Crippen molar-refractivity contribution in [2.75, 3.05) is 12.3 Å². The molecule has 1 saturated carbocycles. The first-order valence-electron chi connectivity index (χ1n) is 5.28. The fourth-order valence-corrected chi connectivity index (χ4v) is 2.84. The van der Waals surface area contributed by atoms with Crippen LogP contribution >= 0.6 is 0 Å². The standard InChI is InChI=1S/C9H17NO5S/c11-8-3-1-2-7(8)6-10-16(14,15)5-4-9(12)13/h7-8,10-11H,1-6H2,(H,12,13). The zero-order chi connectivity index (χ0) is 12.2. The van der Waals surface area contributed by atoms with Gasteiger partial charge in [-0.25, -0.2) is 13.1 Å². The van der Waals surface area contributed by atoms with E-state index in [0.717, 1.165) is 12.8 Å². The summed E-state index contributed by atoms with van der Waals surface area (Å²) in [5.41, 5.74) is 0. The van der Waals surface area contributed by atoms with Crippen LogP contribution in [0.4, 0.5) is 0 Å². The van der Waals surface area contributed by atoms with E-state index in [4.69, 9.17) is 5.11 Å². The topological polar surface area (TPSA) is 104 Å². The summed E-state index contributed by atoms with van der Waals surface area (Å²) in [4.78, 5) is 10.2. The van der Waals surface area contributed by atoms with Crippen LogP contribution in [0.2, 0.25) is 0 Å². The van der Waals surface area contributed by atoms with Crippen molar-refractivity contribution in [1.29, 1.82) is 0 Å². The molecule has 0 bridgehead atoms. The summed E-state index contributed by atoms with van der Waals surface area (Å²) in [6.07, 6.45) is 1.58. The van der Waals surface area contributed by atoms with Crippen LogP contribution in [0, 0.1) is 5.92 Å². The predicted molar refractivity (Wildman–Crippen MR) is 57.4 cm³/mol. The van der Waals surface area contributed by atoms with Gasteiger partial charge in [0.1, 0.15) is 0 Å². The molecule has 0 spiro atoms. The monoisotopic (exact) mass is 251 g/mol. The number of rotatable bonds is 6. The van der Waals surface area contributed by atoms with E-state index in [1.54, 1.807) is 0 Å². The van der Waals surface area contributed by atoms with Gasteiger partial charge in [-0.3, -0.25) is 4.79 Å². The Morgan fingerprint density at radius 3 is 2.56 bits per heavy atom. The van der Waals surface area contributed by atoms with E-state index in [-0.39, 0.29) is 12.5 Å². The van der Waals surface area contributed by atoms with Crippen molar-refractivity contribution in [3.63, 3.8) is 0 Å². The Hall–Kier alpha value is -0.660. The van der Waals surface area contributed by atoms with E-state index in [1.807, 2.05) is 0 Å². The summed E-state index contributed by atoms with van der Waals surface area (Å²) in [5, 5.41) is 17.8. The molecule has 1 rings (SSSR count). The molecule has 0 aliphatic heterocycles. The highest BCUT2D eigenvalue weighted by molar-refractivity contribution is 7.89. The average Bonchev–Trinajstić information content (AvgIpc) is 2.59. The van der Waals surface area contributed by atoms with Crippen LogP contribution in [0.1, 0.15) is 25.7 Å². The van der Waals surface area contributed by atoms with Gasteiger partial charge in [0.05, 0.1) is 18.3 Å². The average molecular weight is 251 g/mol. The van der Waals surface area contributed by atoms with Crippen molar-refractivity contribution in [3.05, 3.63) is 0 Å². The van der Waals surface area contributed by atoms with E-state index in [2.05, 4.69) is 4.72 Å². The maximum atomic E-state index is 11.3. The molecule has 0 aromatic carbocycles. The molecule has 16 heavy (non-hydrogen) atoms. The third-order valence-electron chi connectivity index (χ3n) is 2.77. The van der Waals surface area contributed by atoms with E-state index < -0.39 is 34.3 Å². The third-order valence-corrected chi connectivity index (χ3v) is 4.12. The number of carbonyl (C=O) groups is 1. The molecule has 1 fully saturated rings. The maximum Gasteiger partial charge on any atom is 0.304 e. The Morgan fingerprint density at radius 1 is 1.38 bits per heavy atom. The van der Waals surface area contributed by atoms with Gasteiger partial charge < -0.3 is 10.2 Å². The first-order valence-corrected chi connectivity index (χ1v) is 6.93. The summed E-state index contributed by atoms with van der Waals surface area (Å²) in [6.45, 7) is 0.198. The van der Waals surface area contributed by atoms with E-state index in [9.17, 15) is 18.3 Å². The number of sulfonamides is 1. The number of carboxylic acids is 1.